The highest BCUT2D eigenvalue weighted by Gasteiger charge is 2.26. The lowest BCUT2D eigenvalue weighted by atomic mass is 9.95. The van der Waals surface area contributed by atoms with Crippen LogP contribution in [0.25, 0.3) is 11.5 Å². The highest BCUT2D eigenvalue weighted by Crippen LogP contribution is 2.31. The molecule has 2 aromatic carbocycles. The van der Waals surface area contributed by atoms with Gasteiger partial charge >= 0.3 is 0 Å². The molecule has 0 spiro atoms. The third-order valence-corrected chi connectivity index (χ3v) is 4.54. The van der Waals surface area contributed by atoms with Crippen LogP contribution in [0.3, 0.4) is 0 Å². The summed E-state index contributed by atoms with van der Waals surface area (Å²) in [6, 6.07) is 13.1. The number of nitrogens with one attached hydrogen (secondary N) is 1. The molecule has 0 fully saturated rings. The summed E-state index contributed by atoms with van der Waals surface area (Å²) in [4.78, 5) is 17.0. The van der Waals surface area contributed by atoms with Crippen LogP contribution in [0.5, 0.6) is 11.5 Å². The Hall–Kier alpha value is -3.28. The maximum Gasteiger partial charge on any atom is 0.231 e. The van der Waals surface area contributed by atoms with Gasteiger partial charge in [-0.1, -0.05) is 6.07 Å². The topological polar surface area (TPSA) is 73.6 Å². The molecule has 0 unspecified atom stereocenters. The maximum atomic E-state index is 12.7. The fourth-order valence-electron chi connectivity index (χ4n) is 3.13. The zero-order valence-corrected chi connectivity index (χ0v) is 15.2. The number of aromatic nitrogens is 1. The SMILES string of the molecule is COc1ccc2c(c1)C[C@@H](C(=O)Nc1cccc(-c3nc(C)co3)c1)CO2. The number of aryl methyl sites for hydroxylation is 1. The van der Waals surface area contributed by atoms with Gasteiger partial charge in [0.15, 0.2) is 0 Å². The smallest absolute Gasteiger partial charge is 0.231 e. The molecule has 27 heavy (non-hydrogen) atoms. The third-order valence-electron chi connectivity index (χ3n) is 4.54. The van der Waals surface area contributed by atoms with Gasteiger partial charge in [-0.05, 0) is 55.3 Å². The normalized spacial score (nSPS) is 15.6. The molecule has 1 atom stereocenters. The number of amides is 1. The van der Waals surface area contributed by atoms with Crippen LogP contribution >= 0.6 is 0 Å². The Kier molecular flexibility index (Phi) is 4.54. The van der Waals surface area contributed by atoms with E-state index in [2.05, 4.69) is 10.3 Å². The lowest BCUT2D eigenvalue weighted by molar-refractivity contribution is -0.121. The molecule has 4 rings (SSSR count). The van der Waals surface area contributed by atoms with E-state index in [0.717, 1.165) is 28.3 Å². The molecule has 138 valence electrons. The van der Waals surface area contributed by atoms with E-state index in [1.165, 1.54) is 0 Å². The summed E-state index contributed by atoms with van der Waals surface area (Å²) in [5, 5.41) is 2.97. The molecule has 0 bridgehead atoms. The van der Waals surface area contributed by atoms with E-state index in [9.17, 15) is 4.79 Å². The van der Waals surface area contributed by atoms with Crippen molar-refractivity contribution in [1.29, 1.82) is 0 Å². The monoisotopic (exact) mass is 364 g/mol. The first-order valence-electron chi connectivity index (χ1n) is 8.75. The van der Waals surface area contributed by atoms with Gasteiger partial charge in [0.05, 0.1) is 18.7 Å². The van der Waals surface area contributed by atoms with Crippen molar-refractivity contribution in [3.63, 3.8) is 0 Å². The number of benzene rings is 2. The second-order valence-electron chi connectivity index (χ2n) is 6.55. The van der Waals surface area contributed by atoms with Crippen LogP contribution in [0.15, 0.2) is 53.1 Å². The van der Waals surface area contributed by atoms with Crippen LogP contribution in [0.2, 0.25) is 0 Å². The largest absolute Gasteiger partial charge is 0.497 e. The molecular weight excluding hydrogens is 344 g/mol. The molecule has 0 saturated carbocycles. The fraction of sp³-hybridized carbons (Fsp3) is 0.238. The maximum absolute atomic E-state index is 12.7. The first-order valence-corrected chi connectivity index (χ1v) is 8.75. The summed E-state index contributed by atoms with van der Waals surface area (Å²) >= 11 is 0. The number of hydrogen-bond acceptors (Lipinski definition) is 5. The average molecular weight is 364 g/mol. The molecule has 0 saturated heterocycles. The molecule has 6 nitrogen and oxygen atoms in total. The summed E-state index contributed by atoms with van der Waals surface area (Å²) in [6.45, 7) is 2.22. The van der Waals surface area contributed by atoms with Gasteiger partial charge in [-0.25, -0.2) is 4.98 Å². The number of hydrogen-bond donors (Lipinski definition) is 1. The predicted octanol–water partition coefficient (Wildman–Crippen LogP) is 3.85. The van der Waals surface area contributed by atoms with Gasteiger partial charge in [-0.2, -0.15) is 0 Å². The standard InChI is InChI=1S/C21H20N2O4/c1-13-11-27-21(22-13)14-4-3-5-17(9-14)23-20(24)16-8-15-10-18(25-2)6-7-19(15)26-12-16/h3-7,9-11,16H,8,12H2,1-2H3,(H,23,24)/t16-/m1/s1. The summed E-state index contributed by atoms with van der Waals surface area (Å²) in [5.74, 6) is 1.75. The second-order valence-corrected chi connectivity index (χ2v) is 6.55. The molecular formula is C21H20N2O4. The van der Waals surface area contributed by atoms with Crippen molar-refractivity contribution in [2.24, 2.45) is 5.92 Å². The van der Waals surface area contributed by atoms with Crippen LogP contribution in [0.4, 0.5) is 5.69 Å². The molecule has 1 N–H and O–H groups in total. The van der Waals surface area contributed by atoms with Crippen molar-refractivity contribution in [3.05, 3.63) is 60.0 Å². The van der Waals surface area contributed by atoms with Crippen LogP contribution in [-0.4, -0.2) is 24.6 Å². The highest BCUT2D eigenvalue weighted by molar-refractivity contribution is 5.93. The highest BCUT2D eigenvalue weighted by atomic mass is 16.5. The van der Waals surface area contributed by atoms with Crippen LogP contribution in [0.1, 0.15) is 11.3 Å². The second kappa shape index (κ2) is 7.15. The van der Waals surface area contributed by atoms with Crippen molar-refractivity contribution in [2.75, 3.05) is 19.0 Å². The first kappa shape index (κ1) is 17.1. The number of anilines is 1. The van der Waals surface area contributed by atoms with Gasteiger partial charge in [0, 0.05) is 11.3 Å². The fourth-order valence-corrected chi connectivity index (χ4v) is 3.13. The minimum atomic E-state index is -0.266. The zero-order valence-electron chi connectivity index (χ0n) is 15.2. The molecule has 1 aliphatic heterocycles. The molecule has 0 aliphatic carbocycles. The van der Waals surface area contributed by atoms with Crippen molar-refractivity contribution in [3.8, 4) is 23.0 Å². The molecule has 6 heteroatoms. The molecule has 1 aromatic heterocycles. The summed E-state index contributed by atoms with van der Waals surface area (Å²) in [7, 11) is 1.62. The Morgan fingerprint density at radius 2 is 2.15 bits per heavy atom. The predicted molar refractivity (Wildman–Crippen MR) is 101 cm³/mol. The lowest BCUT2D eigenvalue weighted by Gasteiger charge is -2.25. The molecule has 3 aromatic rings. The van der Waals surface area contributed by atoms with Gasteiger partial charge in [0.25, 0.3) is 0 Å². The van der Waals surface area contributed by atoms with E-state index in [4.69, 9.17) is 13.9 Å². The quantitative estimate of drug-likeness (QED) is 0.761. The number of fused-ring (bicyclic) bond motifs is 1. The van der Waals surface area contributed by atoms with Crippen LogP contribution in [0, 0.1) is 12.8 Å². The molecule has 1 amide bonds. The third kappa shape index (κ3) is 3.65. The number of oxazole rings is 1. The number of ether oxygens (including phenoxy) is 2. The number of carbonyl (C=O) groups is 1. The Morgan fingerprint density at radius 1 is 1.26 bits per heavy atom. The summed E-state index contributed by atoms with van der Waals surface area (Å²) in [5.41, 5.74) is 3.30. The number of carbonyl (C=O) groups excluding carboxylic acids is 1. The number of methoxy groups -OCH3 is 1. The van der Waals surface area contributed by atoms with E-state index in [1.807, 2.05) is 49.4 Å². The zero-order chi connectivity index (χ0) is 18.8. The van der Waals surface area contributed by atoms with Gasteiger partial charge in [-0.3, -0.25) is 4.79 Å². The Labute approximate surface area is 157 Å². The molecule has 2 heterocycles. The van der Waals surface area contributed by atoms with E-state index in [-0.39, 0.29) is 11.8 Å². The van der Waals surface area contributed by atoms with E-state index in [1.54, 1.807) is 13.4 Å². The van der Waals surface area contributed by atoms with Gasteiger partial charge < -0.3 is 19.2 Å². The van der Waals surface area contributed by atoms with Crippen molar-refractivity contribution in [2.45, 2.75) is 13.3 Å². The summed E-state index contributed by atoms with van der Waals surface area (Å²) < 4.78 is 16.4. The number of rotatable bonds is 4. The minimum Gasteiger partial charge on any atom is -0.497 e. The Balaban J connectivity index is 1.48. The van der Waals surface area contributed by atoms with Gasteiger partial charge in [0.2, 0.25) is 11.8 Å². The van der Waals surface area contributed by atoms with Crippen LogP contribution < -0.4 is 14.8 Å². The minimum absolute atomic E-state index is 0.0794. The molecule has 1 aliphatic rings. The van der Waals surface area contributed by atoms with Gasteiger partial charge in [0.1, 0.15) is 24.4 Å². The van der Waals surface area contributed by atoms with Crippen molar-refractivity contribution >= 4 is 11.6 Å². The van der Waals surface area contributed by atoms with Gasteiger partial charge in [-0.15, -0.1) is 0 Å². The molecule has 0 radical (unpaired) electrons. The lowest BCUT2D eigenvalue weighted by Crippen LogP contribution is -2.32. The summed E-state index contributed by atoms with van der Waals surface area (Å²) in [6.07, 6.45) is 2.21. The first-order chi connectivity index (χ1) is 13.1. The Morgan fingerprint density at radius 3 is 2.93 bits per heavy atom. The van der Waals surface area contributed by atoms with Crippen LogP contribution in [-0.2, 0) is 11.2 Å². The van der Waals surface area contributed by atoms with E-state index < -0.39 is 0 Å². The average Bonchev–Trinajstić information content (AvgIpc) is 3.13. The van der Waals surface area contributed by atoms with E-state index >= 15 is 0 Å². The van der Waals surface area contributed by atoms with Crippen molar-refractivity contribution < 1.29 is 18.7 Å². The Bertz CT molecular complexity index is 980. The number of nitrogens with zero attached hydrogens (tertiary/aromatic N) is 1. The van der Waals surface area contributed by atoms with E-state index in [0.29, 0.717) is 24.6 Å². The van der Waals surface area contributed by atoms with Crippen molar-refractivity contribution in [1.82, 2.24) is 4.98 Å².